The van der Waals surface area contributed by atoms with E-state index < -0.39 is 0 Å². The zero-order valence-electron chi connectivity index (χ0n) is 9.86. The first kappa shape index (κ1) is 11.4. The summed E-state index contributed by atoms with van der Waals surface area (Å²) >= 11 is 0. The summed E-state index contributed by atoms with van der Waals surface area (Å²) in [6, 6.07) is 9.55. The van der Waals surface area contributed by atoms with Crippen molar-refractivity contribution in [2.45, 2.75) is 13.3 Å². The molecule has 0 atom stereocenters. The lowest BCUT2D eigenvalue weighted by atomic mass is 10.0. The minimum atomic E-state index is -0.165. The van der Waals surface area contributed by atoms with Gasteiger partial charge in [-0.05, 0) is 0 Å². The van der Waals surface area contributed by atoms with Gasteiger partial charge in [0.25, 0.3) is 5.91 Å². The molecule has 1 N–H and O–H groups in total. The molecule has 4 heteroatoms. The molecule has 0 saturated carbocycles. The quantitative estimate of drug-likeness (QED) is 0.879. The van der Waals surface area contributed by atoms with Crippen molar-refractivity contribution in [1.29, 1.82) is 0 Å². The summed E-state index contributed by atoms with van der Waals surface area (Å²) in [6.45, 7) is 1.93. The molecule has 0 unspecified atom stereocenters. The Morgan fingerprint density at radius 2 is 2.06 bits per heavy atom. The van der Waals surface area contributed by atoms with Crippen LogP contribution in [0, 0.1) is 0 Å². The van der Waals surface area contributed by atoms with E-state index in [9.17, 15) is 4.79 Å². The van der Waals surface area contributed by atoms with Gasteiger partial charge in [-0.3, -0.25) is 4.79 Å². The molecule has 1 amide bonds. The van der Waals surface area contributed by atoms with E-state index in [-0.39, 0.29) is 5.91 Å². The molecule has 0 aliphatic rings. The first-order valence-corrected chi connectivity index (χ1v) is 5.54. The van der Waals surface area contributed by atoms with Crippen LogP contribution in [0.2, 0.25) is 0 Å². The molecule has 0 aliphatic heterocycles. The molecule has 0 aliphatic carbocycles. The summed E-state index contributed by atoms with van der Waals surface area (Å²) in [5.41, 5.74) is 2.01. The number of aryl methyl sites for hydroxylation is 1. The Labute approximate surface area is 99.6 Å². The second-order valence-electron chi connectivity index (χ2n) is 3.63. The topological polar surface area (TPSA) is 55.1 Å². The van der Waals surface area contributed by atoms with Crippen LogP contribution in [0.4, 0.5) is 0 Å². The van der Waals surface area contributed by atoms with E-state index in [1.165, 1.54) is 0 Å². The molecule has 0 spiro atoms. The summed E-state index contributed by atoms with van der Waals surface area (Å²) in [6.07, 6.45) is 0.641. The predicted molar refractivity (Wildman–Crippen MR) is 64.7 cm³/mol. The van der Waals surface area contributed by atoms with Crippen molar-refractivity contribution in [1.82, 2.24) is 10.5 Å². The molecule has 4 nitrogen and oxygen atoms in total. The molecule has 2 aromatic rings. The Hall–Kier alpha value is -2.10. The van der Waals surface area contributed by atoms with Crippen LogP contribution in [-0.4, -0.2) is 18.1 Å². The minimum absolute atomic E-state index is 0.165. The van der Waals surface area contributed by atoms with E-state index >= 15 is 0 Å². The maximum absolute atomic E-state index is 11.8. The highest BCUT2D eigenvalue weighted by Crippen LogP contribution is 2.25. The Bertz CT molecular complexity index is 517. The largest absolute Gasteiger partial charge is 0.360 e. The van der Waals surface area contributed by atoms with E-state index in [1.54, 1.807) is 7.05 Å². The molecule has 88 valence electrons. The first-order chi connectivity index (χ1) is 8.27. The highest BCUT2D eigenvalue weighted by atomic mass is 16.5. The summed E-state index contributed by atoms with van der Waals surface area (Å²) in [5, 5.41) is 6.60. The third-order valence-corrected chi connectivity index (χ3v) is 2.59. The lowest BCUT2D eigenvalue weighted by molar-refractivity contribution is 0.0961. The Kier molecular flexibility index (Phi) is 3.23. The fraction of sp³-hybridized carbons (Fsp3) is 0.231. The normalized spacial score (nSPS) is 10.2. The van der Waals surface area contributed by atoms with Crippen molar-refractivity contribution in [3.8, 4) is 11.3 Å². The summed E-state index contributed by atoms with van der Waals surface area (Å²) in [7, 11) is 1.60. The van der Waals surface area contributed by atoms with Gasteiger partial charge in [0, 0.05) is 19.0 Å². The summed E-state index contributed by atoms with van der Waals surface area (Å²) < 4.78 is 5.21. The lowest BCUT2D eigenvalue weighted by Gasteiger charge is -2.01. The van der Waals surface area contributed by atoms with Crippen molar-refractivity contribution in [2.24, 2.45) is 0 Å². The van der Waals surface area contributed by atoms with Gasteiger partial charge in [-0.25, -0.2) is 0 Å². The molecular formula is C13H14N2O2. The van der Waals surface area contributed by atoms with Crippen molar-refractivity contribution < 1.29 is 9.32 Å². The number of carbonyl (C=O) groups excluding carboxylic acids is 1. The molecule has 0 bridgehead atoms. The van der Waals surface area contributed by atoms with Crippen molar-refractivity contribution in [3.05, 3.63) is 41.7 Å². The van der Waals surface area contributed by atoms with Gasteiger partial charge < -0.3 is 9.84 Å². The van der Waals surface area contributed by atoms with E-state index in [0.29, 0.717) is 23.4 Å². The van der Waals surface area contributed by atoms with Crippen LogP contribution in [0.15, 0.2) is 34.9 Å². The third kappa shape index (κ3) is 2.06. The van der Waals surface area contributed by atoms with Crippen molar-refractivity contribution in [2.75, 3.05) is 7.05 Å². The van der Waals surface area contributed by atoms with E-state index in [2.05, 4.69) is 10.5 Å². The number of nitrogens with one attached hydrogen (secondary N) is 1. The molecule has 1 heterocycles. The van der Waals surface area contributed by atoms with Crippen LogP contribution in [-0.2, 0) is 6.42 Å². The molecule has 0 saturated heterocycles. The van der Waals surface area contributed by atoms with Gasteiger partial charge in [0.1, 0.15) is 17.0 Å². The molecule has 1 aromatic carbocycles. The average molecular weight is 230 g/mol. The van der Waals surface area contributed by atoms with Crippen LogP contribution in [0.25, 0.3) is 11.3 Å². The zero-order valence-corrected chi connectivity index (χ0v) is 9.86. The predicted octanol–water partition coefficient (Wildman–Crippen LogP) is 2.26. The van der Waals surface area contributed by atoms with Gasteiger partial charge in [0.15, 0.2) is 0 Å². The summed E-state index contributed by atoms with van der Waals surface area (Å²) in [5.74, 6) is 0.449. The number of amides is 1. The number of nitrogens with zero attached hydrogens (tertiary/aromatic N) is 1. The van der Waals surface area contributed by atoms with Crippen LogP contribution < -0.4 is 5.32 Å². The smallest absolute Gasteiger partial charge is 0.256 e. The Balaban J connectivity index is 2.55. The number of benzene rings is 1. The van der Waals surface area contributed by atoms with Gasteiger partial charge in [0.2, 0.25) is 0 Å². The highest BCUT2D eigenvalue weighted by molar-refractivity contribution is 6.00. The molecule has 0 radical (unpaired) electrons. The van der Waals surface area contributed by atoms with Crippen LogP contribution in [0.1, 0.15) is 23.0 Å². The second-order valence-corrected chi connectivity index (χ2v) is 3.63. The molecule has 1 aromatic heterocycles. The third-order valence-electron chi connectivity index (χ3n) is 2.59. The number of aromatic nitrogens is 1. The maximum atomic E-state index is 11.8. The molecule has 0 fully saturated rings. The SMILES string of the molecule is CCc1onc(-c2ccccc2)c1C(=O)NC. The lowest BCUT2D eigenvalue weighted by Crippen LogP contribution is -2.19. The van der Waals surface area contributed by atoms with Gasteiger partial charge in [-0.15, -0.1) is 0 Å². The number of rotatable bonds is 3. The maximum Gasteiger partial charge on any atom is 0.256 e. The van der Waals surface area contributed by atoms with Crippen molar-refractivity contribution in [3.63, 3.8) is 0 Å². The van der Waals surface area contributed by atoms with Gasteiger partial charge >= 0.3 is 0 Å². The minimum Gasteiger partial charge on any atom is -0.360 e. The fourth-order valence-electron chi connectivity index (χ4n) is 1.72. The van der Waals surface area contributed by atoms with E-state index in [1.807, 2.05) is 37.3 Å². The van der Waals surface area contributed by atoms with Crippen LogP contribution in [0.3, 0.4) is 0 Å². The van der Waals surface area contributed by atoms with Gasteiger partial charge in [-0.1, -0.05) is 42.4 Å². The summed E-state index contributed by atoms with van der Waals surface area (Å²) in [4.78, 5) is 11.8. The van der Waals surface area contributed by atoms with Gasteiger partial charge in [-0.2, -0.15) is 0 Å². The highest BCUT2D eigenvalue weighted by Gasteiger charge is 2.21. The fourth-order valence-corrected chi connectivity index (χ4v) is 1.72. The van der Waals surface area contributed by atoms with Crippen molar-refractivity contribution >= 4 is 5.91 Å². The van der Waals surface area contributed by atoms with Crippen LogP contribution in [0.5, 0.6) is 0 Å². The standard InChI is InChI=1S/C13H14N2O2/c1-3-10-11(13(16)14-2)12(15-17-10)9-7-5-4-6-8-9/h4-8H,3H2,1-2H3,(H,14,16). The monoisotopic (exact) mass is 230 g/mol. The van der Waals surface area contributed by atoms with E-state index in [0.717, 1.165) is 5.56 Å². The molecule has 2 rings (SSSR count). The molecule has 17 heavy (non-hydrogen) atoms. The first-order valence-electron chi connectivity index (χ1n) is 5.54. The van der Waals surface area contributed by atoms with E-state index in [4.69, 9.17) is 4.52 Å². The zero-order chi connectivity index (χ0) is 12.3. The Morgan fingerprint density at radius 1 is 1.35 bits per heavy atom. The number of hydrogen-bond donors (Lipinski definition) is 1. The number of hydrogen-bond acceptors (Lipinski definition) is 3. The van der Waals surface area contributed by atoms with Gasteiger partial charge in [0.05, 0.1) is 0 Å². The number of carbonyl (C=O) groups is 1. The Morgan fingerprint density at radius 3 is 2.65 bits per heavy atom. The van der Waals surface area contributed by atoms with Crippen LogP contribution >= 0.6 is 0 Å². The molecular weight excluding hydrogens is 216 g/mol. The average Bonchev–Trinajstić information content (AvgIpc) is 2.82. The second kappa shape index (κ2) is 4.82.